The average molecular weight is 436 g/mol. The highest BCUT2D eigenvalue weighted by atomic mass is 35.5. The molecule has 3 heterocycles. The Morgan fingerprint density at radius 2 is 1.75 bits per heavy atom. The molecule has 0 bridgehead atoms. The fourth-order valence-electron chi connectivity index (χ4n) is 3.00. The number of aromatic nitrogens is 1. The Labute approximate surface area is 174 Å². The van der Waals surface area contributed by atoms with Crippen molar-refractivity contribution in [2.75, 3.05) is 26.2 Å². The van der Waals surface area contributed by atoms with E-state index in [4.69, 9.17) is 11.6 Å². The Kier molecular flexibility index (Phi) is 5.43. The normalized spacial score (nSPS) is 14.4. The molecule has 1 fully saturated rings. The van der Waals surface area contributed by atoms with E-state index in [9.17, 15) is 14.0 Å². The Balaban J connectivity index is 1.40. The number of halogens is 2. The van der Waals surface area contributed by atoms with Gasteiger partial charge in [-0.05, 0) is 29.6 Å². The van der Waals surface area contributed by atoms with Crippen molar-refractivity contribution in [3.8, 4) is 10.6 Å². The van der Waals surface area contributed by atoms with E-state index in [0.717, 1.165) is 16.6 Å². The van der Waals surface area contributed by atoms with Gasteiger partial charge in [-0.3, -0.25) is 9.59 Å². The summed E-state index contributed by atoms with van der Waals surface area (Å²) in [5, 5.41) is 6.65. The highest BCUT2D eigenvalue weighted by Gasteiger charge is 2.27. The zero-order valence-corrected chi connectivity index (χ0v) is 17.0. The van der Waals surface area contributed by atoms with Crippen molar-refractivity contribution in [2.24, 2.45) is 0 Å². The van der Waals surface area contributed by atoms with Crippen molar-refractivity contribution in [3.63, 3.8) is 0 Å². The minimum absolute atomic E-state index is 0.0898. The van der Waals surface area contributed by atoms with E-state index in [2.05, 4.69) is 4.98 Å². The second-order valence-corrected chi connectivity index (χ2v) is 8.30. The van der Waals surface area contributed by atoms with Crippen LogP contribution in [0.25, 0.3) is 10.6 Å². The lowest BCUT2D eigenvalue weighted by Crippen LogP contribution is -2.50. The van der Waals surface area contributed by atoms with Crippen LogP contribution >= 0.6 is 34.3 Å². The summed E-state index contributed by atoms with van der Waals surface area (Å²) in [6.07, 6.45) is 0. The van der Waals surface area contributed by atoms with Crippen LogP contribution in [0.3, 0.4) is 0 Å². The molecule has 144 valence electrons. The van der Waals surface area contributed by atoms with Crippen molar-refractivity contribution >= 4 is 46.1 Å². The molecule has 5 nitrogen and oxygen atoms in total. The lowest BCUT2D eigenvalue weighted by atomic mass is 10.1. The van der Waals surface area contributed by atoms with Gasteiger partial charge in [0.15, 0.2) is 0 Å². The fourth-order valence-corrected chi connectivity index (χ4v) is 4.75. The van der Waals surface area contributed by atoms with E-state index in [1.54, 1.807) is 26.5 Å². The highest BCUT2D eigenvalue weighted by Crippen LogP contribution is 2.26. The van der Waals surface area contributed by atoms with Gasteiger partial charge < -0.3 is 9.80 Å². The highest BCUT2D eigenvalue weighted by molar-refractivity contribution is 7.14. The number of benzene rings is 1. The van der Waals surface area contributed by atoms with Gasteiger partial charge in [0.1, 0.15) is 16.5 Å². The molecule has 0 radical (unpaired) electrons. The lowest BCUT2D eigenvalue weighted by molar-refractivity contribution is 0.0533. The van der Waals surface area contributed by atoms with Crippen LogP contribution in [-0.4, -0.2) is 52.8 Å². The van der Waals surface area contributed by atoms with Gasteiger partial charge in [-0.15, -0.1) is 11.3 Å². The van der Waals surface area contributed by atoms with Crippen LogP contribution < -0.4 is 0 Å². The lowest BCUT2D eigenvalue weighted by Gasteiger charge is -2.34. The van der Waals surface area contributed by atoms with Crippen molar-refractivity contribution < 1.29 is 14.0 Å². The summed E-state index contributed by atoms with van der Waals surface area (Å²) in [5.41, 5.74) is 1.70. The van der Waals surface area contributed by atoms with Gasteiger partial charge in [-0.2, -0.15) is 11.3 Å². The van der Waals surface area contributed by atoms with E-state index < -0.39 is 5.82 Å². The molecule has 1 aliphatic heterocycles. The van der Waals surface area contributed by atoms with Gasteiger partial charge in [0.05, 0.1) is 10.6 Å². The Bertz CT molecular complexity index is 1010. The Morgan fingerprint density at radius 1 is 1.04 bits per heavy atom. The number of thiophene rings is 1. The van der Waals surface area contributed by atoms with Crippen molar-refractivity contribution in [3.05, 3.63) is 62.5 Å². The second kappa shape index (κ2) is 7.98. The van der Waals surface area contributed by atoms with Crippen LogP contribution in [0.1, 0.15) is 20.8 Å². The molecule has 2 amide bonds. The number of carbonyl (C=O) groups is 2. The second-order valence-electron chi connectivity index (χ2n) is 6.26. The summed E-state index contributed by atoms with van der Waals surface area (Å²) in [6.45, 7) is 1.60. The third-order valence-corrected chi connectivity index (χ3v) is 6.39. The van der Waals surface area contributed by atoms with Crippen molar-refractivity contribution in [1.82, 2.24) is 14.8 Å². The van der Waals surface area contributed by atoms with Crippen LogP contribution in [0, 0.1) is 5.82 Å². The summed E-state index contributed by atoms with van der Waals surface area (Å²) in [5.74, 6) is -0.878. The summed E-state index contributed by atoms with van der Waals surface area (Å²) < 4.78 is 13.2. The zero-order valence-electron chi connectivity index (χ0n) is 14.6. The predicted octanol–water partition coefficient (Wildman–Crippen LogP) is 4.26. The SMILES string of the molecule is O=C(c1csc(-c2ccsc2)n1)N1CCN(C(=O)c2ccc(F)cc2Cl)CC1. The predicted molar refractivity (Wildman–Crippen MR) is 109 cm³/mol. The van der Waals surface area contributed by atoms with Gasteiger partial charge in [0.2, 0.25) is 0 Å². The molecule has 2 aromatic heterocycles. The number of rotatable bonds is 3. The first kappa shape index (κ1) is 19.0. The van der Waals surface area contributed by atoms with Gasteiger partial charge in [-0.25, -0.2) is 9.37 Å². The maximum Gasteiger partial charge on any atom is 0.273 e. The molecule has 28 heavy (non-hydrogen) atoms. The molecule has 1 saturated heterocycles. The first-order valence-electron chi connectivity index (χ1n) is 8.54. The molecule has 9 heteroatoms. The number of hydrogen-bond acceptors (Lipinski definition) is 5. The van der Waals surface area contributed by atoms with E-state index in [1.807, 2.05) is 16.8 Å². The molecule has 0 saturated carbocycles. The maximum absolute atomic E-state index is 13.2. The van der Waals surface area contributed by atoms with Crippen LogP contribution in [0.5, 0.6) is 0 Å². The molecule has 0 aliphatic carbocycles. The topological polar surface area (TPSA) is 53.5 Å². The average Bonchev–Trinajstić information content (AvgIpc) is 3.39. The molecule has 1 aromatic carbocycles. The van der Waals surface area contributed by atoms with Crippen molar-refractivity contribution in [2.45, 2.75) is 0 Å². The third-order valence-electron chi connectivity index (χ3n) is 4.51. The van der Waals surface area contributed by atoms with Gasteiger partial charge >= 0.3 is 0 Å². The minimum Gasteiger partial charge on any atom is -0.335 e. The number of hydrogen-bond donors (Lipinski definition) is 0. The number of amides is 2. The quantitative estimate of drug-likeness (QED) is 0.617. The van der Waals surface area contributed by atoms with Crippen molar-refractivity contribution in [1.29, 1.82) is 0 Å². The molecule has 3 aromatic rings. The smallest absolute Gasteiger partial charge is 0.273 e. The van der Waals surface area contributed by atoms with Crippen LogP contribution in [0.4, 0.5) is 4.39 Å². The van der Waals surface area contributed by atoms with E-state index in [1.165, 1.54) is 23.5 Å². The molecular weight excluding hydrogens is 421 g/mol. The third kappa shape index (κ3) is 3.80. The first-order valence-corrected chi connectivity index (χ1v) is 10.7. The molecule has 0 spiro atoms. The summed E-state index contributed by atoms with van der Waals surface area (Å²) >= 11 is 9.02. The van der Waals surface area contributed by atoms with Gasteiger partial charge in [0.25, 0.3) is 11.8 Å². The standard InChI is InChI=1S/C19H15ClFN3O2S2/c20-15-9-13(21)1-2-14(15)18(25)23-4-6-24(7-5-23)19(26)16-11-28-17(22-16)12-3-8-27-10-12/h1-3,8-11H,4-7H2. The molecule has 0 unspecified atom stereocenters. The molecule has 4 rings (SSSR count). The molecular formula is C19H15ClFN3O2S2. The monoisotopic (exact) mass is 435 g/mol. The van der Waals surface area contributed by atoms with Gasteiger partial charge in [0, 0.05) is 42.5 Å². The van der Waals surface area contributed by atoms with Crippen LogP contribution in [-0.2, 0) is 0 Å². The van der Waals surface area contributed by atoms with E-state index >= 15 is 0 Å². The largest absolute Gasteiger partial charge is 0.335 e. The zero-order chi connectivity index (χ0) is 19.7. The summed E-state index contributed by atoms with van der Waals surface area (Å²) in [6, 6.07) is 5.70. The molecule has 0 N–H and O–H groups in total. The minimum atomic E-state index is -0.484. The Morgan fingerprint density at radius 3 is 2.39 bits per heavy atom. The Hall–Kier alpha value is -2.29. The molecule has 1 aliphatic rings. The summed E-state index contributed by atoms with van der Waals surface area (Å²) in [7, 11) is 0. The van der Waals surface area contributed by atoms with Gasteiger partial charge in [-0.1, -0.05) is 11.6 Å². The molecule has 0 atom stereocenters. The number of piperazine rings is 1. The number of thiazole rings is 1. The number of carbonyl (C=O) groups excluding carboxylic acids is 2. The van der Waals surface area contributed by atoms with E-state index in [-0.39, 0.29) is 22.4 Å². The van der Waals surface area contributed by atoms with Crippen LogP contribution in [0.15, 0.2) is 40.4 Å². The summed E-state index contributed by atoms with van der Waals surface area (Å²) in [4.78, 5) is 33.1. The fraction of sp³-hybridized carbons (Fsp3) is 0.211. The van der Waals surface area contributed by atoms with E-state index in [0.29, 0.717) is 31.9 Å². The van der Waals surface area contributed by atoms with Crippen LogP contribution in [0.2, 0.25) is 5.02 Å². The number of nitrogens with zero attached hydrogens (tertiary/aromatic N) is 3. The first-order chi connectivity index (χ1) is 13.5. The maximum atomic E-state index is 13.2.